The molecule has 0 heterocycles. The van der Waals surface area contributed by atoms with E-state index in [1.807, 2.05) is 0 Å². The molecule has 0 aromatic rings. The van der Waals surface area contributed by atoms with Crippen molar-refractivity contribution in [1.82, 2.24) is 5.32 Å². The van der Waals surface area contributed by atoms with Crippen LogP contribution in [-0.4, -0.2) is 46.9 Å². The Bertz CT molecular complexity index is 1160. The third-order valence-corrected chi connectivity index (χ3v) is 12.6. The molecule has 1 amide bonds. The molecule has 6 nitrogen and oxygen atoms in total. The molecule has 65 heavy (non-hydrogen) atoms. The van der Waals surface area contributed by atoms with Crippen molar-refractivity contribution in [2.75, 3.05) is 6.61 Å². The van der Waals surface area contributed by atoms with Crippen LogP contribution in [0.25, 0.3) is 0 Å². The normalized spacial score (nSPS) is 13.6. The monoisotopic (exact) mass is 910 g/mol. The Kier molecular flexibility index (Phi) is 50.6. The minimum Gasteiger partial charge on any atom is -0.462 e. The second-order valence-electron chi connectivity index (χ2n) is 19.0. The number of nitrogens with one attached hydrogen (secondary N) is 1. The number of hydrogen-bond acceptors (Lipinski definition) is 5. The van der Waals surface area contributed by atoms with Gasteiger partial charge in [0.1, 0.15) is 6.10 Å². The summed E-state index contributed by atoms with van der Waals surface area (Å²) in [6.07, 6.45) is 65.8. The SMILES string of the molecule is CC/C=C/C/C=C/C/C=C/C/C=C/CCCC(CC(=O)NC(CO)C(O)CCCCCCCCCCCCCCC)OC(=O)CCCCCCCCCCC/C=C/CCCCCCCC. The quantitative estimate of drug-likeness (QED) is 0.0321. The van der Waals surface area contributed by atoms with Gasteiger partial charge < -0.3 is 20.3 Å². The average Bonchev–Trinajstić information content (AvgIpc) is 3.30. The van der Waals surface area contributed by atoms with Gasteiger partial charge in [0.05, 0.1) is 25.2 Å². The van der Waals surface area contributed by atoms with E-state index in [0.717, 1.165) is 77.0 Å². The topological polar surface area (TPSA) is 95.9 Å². The number of allylic oxidation sites excluding steroid dienone is 10. The maximum atomic E-state index is 13.2. The standard InChI is InChI=1S/C59H107NO5/c1-4-7-10-13-16-19-22-25-27-28-29-30-31-34-37-40-43-46-49-52-59(64)65-55(50-47-44-41-38-35-33-26-23-20-17-14-11-8-5-2)53-58(63)60-56(54-61)57(62)51-48-45-42-39-36-32-24-21-18-15-12-9-6-3/h8,11,17,20,25-27,33,38,41,55-57,61-62H,4-7,9-10,12-16,18-19,21-24,28-32,34-37,39-40,42-54H2,1-3H3,(H,60,63)/b11-8+,20-17+,27-25+,33-26+,41-38+. The molecule has 0 saturated heterocycles. The first-order chi connectivity index (χ1) is 32.0. The Morgan fingerprint density at radius 3 is 1.31 bits per heavy atom. The van der Waals surface area contributed by atoms with Crippen LogP contribution in [-0.2, 0) is 14.3 Å². The Balaban J connectivity index is 4.59. The molecule has 3 unspecified atom stereocenters. The Labute approximate surface area is 403 Å². The van der Waals surface area contributed by atoms with Gasteiger partial charge in [-0.25, -0.2) is 0 Å². The number of rotatable bonds is 50. The number of carbonyl (C=O) groups excluding carboxylic acids is 2. The van der Waals surface area contributed by atoms with E-state index in [9.17, 15) is 19.8 Å². The molecule has 0 aliphatic rings. The summed E-state index contributed by atoms with van der Waals surface area (Å²) in [5, 5.41) is 23.8. The molecular weight excluding hydrogens is 803 g/mol. The van der Waals surface area contributed by atoms with Crippen LogP contribution >= 0.6 is 0 Å². The van der Waals surface area contributed by atoms with Gasteiger partial charge >= 0.3 is 5.97 Å². The average molecular weight is 911 g/mol. The van der Waals surface area contributed by atoms with Gasteiger partial charge in [0.2, 0.25) is 5.91 Å². The van der Waals surface area contributed by atoms with Crippen molar-refractivity contribution >= 4 is 11.9 Å². The van der Waals surface area contributed by atoms with Gasteiger partial charge in [-0.15, -0.1) is 0 Å². The largest absolute Gasteiger partial charge is 0.462 e. The second kappa shape index (κ2) is 52.5. The van der Waals surface area contributed by atoms with Crippen LogP contribution in [0, 0.1) is 0 Å². The van der Waals surface area contributed by atoms with E-state index in [1.54, 1.807) is 0 Å². The fraction of sp³-hybridized carbons (Fsp3) is 0.797. The van der Waals surface area contributed by atoms with Crippen LogP contribution in [0.1, 0.15) is 278 Å². The Hall–Kier alpha value is -2.44. The van der Waals surface area contributed by atoms with Crippen LogP contribution < -0.4 is 5.32 Å². The molecule has 0 fully saturated rings. The predicted octanol–water partition coefficient (Wildman–Crippen LogP) is 17.2. The maximum Gasteiger partial charge on any atom is 0.306 e. The highest BCUT2D eigenvalue weighted by molar-refractivity contribution is 5.77. The highest BCUT2D eigenvalue weighted by Crippen LogP contribution is 2.17. The molecular formula is C59H107NO5. The lowest BCUT2D eigenvalue weighted by molar-refractivity contribution is -0.151. The summed E-state index contributed by atoms with van der Waals surface area (Å²) in [7, 11) is 0. The maximum absolute atomic E-state index is 13.2. The first kappa shape index (κ1) is 62.6. The predicted molar refractivity (Wildman–Crippen MR) is 282 cm³/mol. The lowest BCUT2D eigenvalue weighted by Crippen LogP contribution is -2.46. The summed E-state index contributed by atoms with van der Waals surface area (Å²) >= 11 is 0. The van der Waals surface area contributed by atoms with Crippen molar-refractivity contribution < 1.29 is 24.5 Å². The van der Waals surface area contributed by atoms with E-state index in [1.165, 1.54) is 154 Å². The highest BCUT2D eigenvalue weighted by Gasteiger charge is 2.24. The second-order valence-corrected chi connectivity index (χ2v) is 19.0. The molecule has 0 radical (unpaired) electrons. The molecule has 0 saturated carbocycles. The zero-order chi connectivity index (χ0) is 47.4. The third kappa shape index (κ3) is 47.8. The Morgan fingerprint density at radius 2 is 0.846 bits per heavy atom. The molecule has 3 N–H and O–H groups in total. The molecule has 0 bridgehead atoms. The minimum atomic E-state index is -0.803. The Morgan fingerprint density at radius 1 is 0.462 bits per heavy atom. The van der Waals surface area contributed by atoms with Gasteiger partial charge in [0, 0.05) is 6.42 Å². The van der Waals surface area contributed by atoms with Gasteiger partial charge in [-0.2, -0.15) is 0 Å². The van der Waals surface area contributed by atoms with Gasteiger partial charge in [0.25, 0.3) is 0 Å². The molecule has 0 spiro atoms. The van der Waals surface area contributed by atoms with Crippen molar-refractivity contribution in [3.05, 3.63) is 60.8 Å². The number of esters is 1. The molecule has 0 aromatic heterocycles. The number of amides is 1. The van der Waals surface area contributed by atoms with Crippen LogP contribution in [0.3, 0.4) is 0 Å². The number of unbranched alkanes of at least 4 members (excludes halogenated alkanes) is 28. The summed E-state index contributed by atoms with van der Waals surface area (Å²) in [6.45, 7) is 6.37. The fourth-order valence-corrected chi connectivity index (χ4v) is 8.36. The van der Waals surface area contributed by atoms with Crippen molar-refractivity contribution in [1.29, 1.82) is 0 Å². The van der Waals surface area contributed by atoms with E-state index in [0.29, 0.717) is 19.3 Å². The minimum absolute atomic E-state index is 0.0391. The summed E-state index contributed by atoms with van der Waals surface area (Å²) < 4.78 is 5.92. The summed E-state index contributed by atoms with van der Waals surface area (Å²) in [4.78, 5) is 26.2. The molecule has 3 atom stereocenters. The van der Waals surface area contributed by atoms with E-state index < -0.39 is 18.2 Å². The number of carbonyl (C=O) groups is 2. The van der Waals surface area contributed by atoms with Gasteiger partial charge in [-0.1, -0.05) is 242 Å². The first-order valence-electron chi connectivity index (χ1n) is 28.0. The first-order valence-corrected chi connectivity index (χ1v) is 28.0. The molecule has 0 aromatic carbocycles. The van der Waals surface area contributed by atoms with E-state index in [-0.39, 0.29) is 24.9 Å². The van der Waals surface area contributed by atoms with E-state index >= 15 is 0 Å². The van der Waals surface area contributed by atoms with Crippen molar-refractivity contribution in [2.45, 2.75) is 296 Å². The van der Waals surface area contributed by atoms with Crippen LogP contribution in [0.5, 0.6) is 0 Å². The number of ether oxygens (including phenoxy) is 1. The van der Waals surface area contributed by atoms with Crippen LogP contribution in [0.15, 0.2) is 60.8 Å². The van der Waals surface area contributed by atoms with E-state index in [4.69, 9.17) is 4.74 Å². The van der Waals surface area contributed by atoms with Crippen molar-refractivity contribution in [2.24, 2.45) is 0 Å². The molecule has 0 aliphatic heterocycles. The van der Waals surface area contributed by atoms with Gasteiger partial charge in [-0.05, 0) is 83.5 Å². The zero-order valence-corrected chi connectivity index (χ0v) is 43.1. The fourth-order valence-electron chi connectivity index (χ4n) is 8.36. The van der Waals surface area contributed by atoms with Crippen LogP contribution in [0.2, 0.25) is 0 Å². The zero-order valence-electron chi connectivity index (χ0n) is 43.1. The third-order valence-electron chi connectivity index (χ3n) is 12.6. The highest BCUT2D eigenvalue weighted by atomic mass is 16.5. The number of aliphatic hydroxyl groups excluding tert-OH is 2. The smallest absolute Gasteiger partial charge is 0.306 e. The van der Waals surface area contributed by atoms with Crippen molar-refractivity contribution in [3.8, 4) is 0 Å². The molecule has 6 heteroatoms. The van der Waals surface area contributed by atoms with Crippen molar-refractivity contribution in [3.63, 3.8) is 0 Å². The van der Waals surface area contributed by atoms with Crippen LogP contribution in [0.4, 0.5) is 0 Å². The lowest BCUT2D eigenvalue weighted by Gasteiger charge is -2.24. The number of aliphatic hydroxyl groups is 2. The molecule has 0 aliphatic carbocycles. The van der Waals surface area contributed by atoms with Gasteiger partial charge in [0.15, 0.2) is 0 Å². The summed E-state index contributed by atoms with van der Waals surface area (Å²) in [5.74, 6) is -0.525. The molecule has 0 rings (SSSR count). The number of hydrogen-bond donors (Lipinski definition) is 3. The lowest BCUT2D eigenvalue weighted by atomic mass is 10.0. The van der Waals surface area contributed by atoms with Gasteiger partial charge in [-0.3, -0.25) is 9.59 Å². The summed E-state index contributed by atoms with van der Waals surface area (Å²) in [5.41, 5.74) is 0. The summed E-state index contributed by atoms with van der Waals surface area (Å²) in [6, 6.07) is -0.720. The van der Waals surface area contributed by atoms with E-state index in [2.05, 4.69) is 86.8 Å². The molecule has 378 valence electrons.